The van der Waals surface area contributed by atoms with Crippen LogP contribution in [0.5, 0.6) is 0 Å². The van der Waals surface area contributed by atoms with Gasteiger partial charge in [0.25, 0.3) is 15.8 Å². The van der Waals surface area contributed by atoms with E-state index in [0.717, 1.165) is 12.5 Å². The summed E-state index contributed by atoms with van der Waals surface area (Å²) in [6.45, 7) is 3.47. The molecule has 2 aromatic carbocycles. The van der Waals surface area contributed by atoms with Crippen LogP contribution < -0.4 is 0 Å². The largest absolute Gasteiger partial charge is 0.441 e. The molecule has 2 atom stereocenters. The van der Waals surface area contributed by atoms with Gasteiger partial charge in [0.2, 0.25) is 5.89 Å². The van der Waals surface area contributed by atoms with E-state index in [0.29, 0.717) is 47.7 Å². The molecule has 3 aromatic rings. The minimum Gasteiger partial charge on any atom is -0.441 e. The standard InChI is InChI=1S/C24H25FN2O7S/c1-15-6-11-21(13-23(15)27(28)29)35(30,31)34-20-5-3-4-19(12-20)32-14-22-16(2)33-24(26-22)17-7-9-18(25)10-8-17/h6-11,13,19-20H,3-5,12,14H2,1-2H3. The lowest BCUT2D eigenvalue weighted by Crippen LogP contribution is -2.30. The maximum atomic E-state index is 13.2. The Hall–Kier alpha value is -3.15. The molecular weight excluding hydrogens is 479 g/mol. The molecule has 1 fully saturated rings. The lowest BCUT2D eigenvalue weighted by Gasteiger charge is -2.28. The van der Waals surface area contributed by atoms with Crippen LogP contribution in [0, 0.1) is 29.8 Å². The summed E-state index contributed by atoms with van der Waals surface area (Å²) in [5, 5.41) is 11.2. The highest BCUT2D eigenvalue weighted by atomic mass is 32.2. The number of nitro groups is 1. The number of rotatable bonds is 8. The van der Waals surface area contributed by atoms with Crippen molar-refractivity contribution in [1.82, 2.24) is 4.98 Å². The van der Waals surface area contributed by atoms with Crippen LogP contribution in [-0.2, 0) is 25.6 Å². The topological polar surface area (TPSA) is 122 Å². The molecule has 0 radical (unpaired) electrons. The van der Waals surface area contributed by atoms with Crippen LogP contribution in [0.4, 0.5) is 10.1 Å². The molecule has 1 saturated carbocycles. The molecule has 1 aliphatic rings. The Bertz CT molecular complexity index is 1320. The van der Waals surface area contributed by atoms with Crippen LogP contribution >= 0.6 is 0 Å². The Morgan fingerprint density at radius 3 is 2.57 bits per heavy atom. The molecule has 0 amide bonds. The Morgan fingerprint density at radius 2 is 1.86 bits per heavy atom. The average Bonchev–Trinajstić information content (AvgIpc) is 3.18. The lowest BCUT2D eigenvalue weighted by atomic mass is 9.95. The van der Waals surface area contributed by atoms with Gasteiger partial charge >= 0.3 is 0 Å². The number of aryl methyl sites for hydroxylation is 2. The van der Waals surface area contributed by atoms with E-state index >= 15 is 0 Å². The van der Waals surface area contributed by atoms with Gasteiger partial charge in [-0.25, -0.2) is 9.37 Å². The summed E-state index contributed by atoms with van der Waals surface area (Å²) in [4.78, 5) is 14.7. The van der Waals surface area contributed by atoms with Crippen molar-refractivity contribution in [2.24, 2.45) is 0 Å². The van der Waals surface area contributed by atoms with Gasteiger partial charge in [0.05, 0.1) is 23.7 Å². The molecule has 4 rings (SSSR count). The minimum absolute atomic E-state index is 0.171. The second-order valence-corrected chi connectivity index (χ2v) is 10.1. The SMILES string of the molecule is Cc1ccc(S(=O)(=O)OC2CCCC(OCc3nc(-c4ccc(F)cc4)oc3C)C2)cc1[N+](=O)[O-]. The summed E-state index contributed by atoms with van der Waals surface area (Å²) in [5.74, 6) is 0.595. The van der Waals surface area contributed by atoms with Crippen LogP contribution in [0.25, 0.3) is 11.5 Å². The number of oxazole rings is 1. The fourth-order valence-corrected chi connectivity index (χ4v) is 5.13. The second-order valence-electron chi connectivity index (χ2n) is 8.51. The molecule has 1 aliphatic carbocycles. The molecule has 35 heavy (non-hydrogen) atoms. The zero-order chi connectivity index (χ0) is 25.2. The first kappa shape index (κ1) is 25.0. The minimum atomic E-state index is -4.17. The maximum Gasteiger partial charge on any atom is 0.297 e. The molecule has 0 N–H and O–H groups in total. The van der Waals surface area contributed by atoms with E-state index in [1.54, 1.807) is 19.1 Å². The van der Waals surface area contributed by atoms with Crippen molar-refractivity contribution in [2.75, 3.05) is 0 Å². The van der Waals surface area contributed by atoms with E-state index in [9.17, 15) is 22.9 Å². The van der Waals surface area contributed by atoms with E-state index < -0.39 is 21.1 Å². The summed E-state index contributed by atoms with van der Waals surface area (Å²) < 4.78 is 55.7. The predicted octanol–water partition coefficient (Wildman–Crippen LogP) is 5.24. The molecule has 1 heterocycles. The molecule has 9 nitrogen and oxygen atoms in total. The van der Waals surface area contributed by atoms with Gasteiger partial charge in [0.15, 0.2) is 0 Å². The van der Waals surface area contributed by atoms with Crippen molar-refractivity contribution in [3.63, 3.8) is 0 Å². The highest BCUT2D eigenvalue weighted by Gasteiger charge is 2.30. The summed E-state index contributed by atoms with van der Waals surface area (Å²) in [5.41, 5.74) is 1.34. The van der Waals surface area contributed by atoms with E-state index in [-0.39, 0.29) is 29.1 Å². The van der Waals surface area contributed by atoms with E-state index in [1.807, 2.05) is 0 Å². The Morgan fingerprint density at radius 1 is 1.14 bits per heavy atom. The van der Waals surface area contributed by atoms with E-state index in [1.165, 1.54) is 31.2 Å². The van der Waals surface area contributed by atoms with E-state index in [4.69, 9.17) is 13.3 Å². The van der Waals surface area contributed by atoms with Gasteiger partial charge in [-0.2, -0.15) is 8.42 Å². The fraction of sp³-hybridized carbons (Fsp3) is 0.375. The number of hydrogen-bond acceptors (Lipinski definition) is 8. The second kappa shape index (κ2) is 10.2. The quantitative estimate of drug-likeness (QED) is 0.232. The summed E-state index contributed by atoms with van der Waals surface area (Å²) >= 11 is 0. The van der Waals surface area contributed by atoms with Crippen molar-refractivity contribution < 1.29 is 31.1 Å². The Kier molecular flexibility index (Phi) is 7.29. The molecule has 0 aliphatic heterocycles. The first-order valence-electron chi connectivity index (χ1n) is 11.1. The zero-order valence-electron chi connectivity index (χ0n) is 19.3. The van der Waals surface area contributed by atoms with Crippen LogP contribution in [0.3, 0.4) is 0 Å². The van der Waals surface area contributed by atoms with Crippen molar-refractivity contribution in [3.05, 3.63) is 75.4 Å². The number of benzene rings is 2. The molecule has 1 aromatic heterocycles. The third kappa shape index (κ3) is 5.92. The Balaban J connectivity index is 1.38. The van der Waals surface area contributed by atoms with Gasteiger partial charge in [0, 0.05) is 23.6 Å². The third-order valence-electron chi connectivity index (χ3n) is 5.95. The average molecular weight is 505 g/mol. The van der Waals surface area contributed by atoms with Gasteiger partial charge in [-0.05, 0) is 63.4 Å². The first-order valence-corrected chi connectivity index (χ1v) is 12.6. The molecule has 0 saturated heterocycles. The van der Waals surface area contributed by atoms with Gasteiger partial charge in [-0.1, -0.05) is 6.07 Å². The van der Waals surface area contributed by atoms with Crippen LogP contribution in [0.1, 0.15) is 42.7 Å². The lowest BCUT2D eigenvalue weighted by molar-refractivity contribution is -0.385. The van der Waals surface area contributed by atoms with Gasteiger partial charge in [0.1, 0.15) is 22.2 Å². The number of halogens is 1. The molecule has 186 valence electrons. The third-order valence-corrected chi connectivity index (χ3v) is 7.30. The van der Waals surface area contributed by atoms with Crippen molar-refractivity contribution in [3.8, 4) is 11.5 Å². The highest BCUT2D eigenvalue weighted by Crippen LogP contribution is 2.30. The highest BCUT2D eigenvalue weighted by molar-refractivity contribution is 7.86. The predicted molar refractivity (Wildman–Crippen MR) is 124 cm³/mol. The zero-order valence-corrected chi connectivity index (χ0v) is 20.1. The number of aromatic nitrogens is 1. The normalized spacial score (nSPS) is 18.5. The summed E-state index contributed by atoms with van der Waals surface area (Å²) in [6.07, 6.45) is 1.48. The smallest absolute Gasteiger partial charge is 0.297 e. The van der Waals surface area contributed by atoms with Crippen LogP contribution in [-0.4, -0.2) is 30.5 Å². The van der Waals surface area contributed by atoms with Gasteiger partial charge in [-0.3, -0.25) is 14.3 Å². The van der Waals surface area contributed by atoms with Gasteiger partial charge < -0.3 is 9.15 Å². The number of ether oxygens (including phenoxy) is 1. The molecule has 11 heteroatoms. The number of nitrogens with zero attached hydrogens (tertiary/aromatic N) is 2. The molecule has 2 unspecified atom stereocenters. The Labute approximate surface area is 202 Å². The molecule has 0 bridgehead atoms. The van der Waals surface area contributed by atoms with Crippen molar-refractivity contribution >= 4 is 15.8 Å². The molecule has 0 spiro atoms. The fourth-order valence-electron chi connectivity index (χ4n) is 3.99. The summed E-state index contributed by atoms with van der Waals surface area (Å²) in [7, 11) is -4.17. The number of nitro benzene ring substituents is 1. The van der Waals surface area contributed by atoms with E-state index in [2.05, 4.69) is 4.98 Å². The maximum absolute atomic E-state index is 13.2. The summed E-state index contributed by atoms with van der Waals surface area (Å²) in [6, 6.07) is 9.54. The van der Waals surface area contributed by atoms with Crippen molar-refractivity contribution in [1.29, 1.82) is 0 Å². The molecular formula is C24H25FN2O7S. The number of hydrogen-bond donors (Lipinski definition) is 0. The monoisotopic (exact) mass is 504 g/mol. The van der Waals surface area contributed by atoms with Crippen LogP contribution in [0.2, 0.25) is 0 Å². The van der Waals surface area contributed by atoms with Crippen LogP contribution in [0.15, 0.2) is 51.8 Å². The van der Waals surface area contributed by atoms with Crippen molar-refractivity contribution in [2.45, 2.75) is 63.2 Å². The van der Waals surface area contributed by atoms with Gasteiger partial charge in [-0.15, -0.1) is 0 Å². The first-order chi connectivity index (χ1) is 16.6.